The van der Waals surface area contributed by atoms with Gasteiger partial charge in [-0.15, -0.1) is 0 Å². The molecule has 5 unspecified atom stereocenters. The third kappa shape index (κ3) is 16.3. The molecule has 0 aliphatic carbocycles. The Labute approximate surface area is 331 Å². The van der Waals surface area contributed by atoms with E-state index in [0.717, 1.165) is 55.6 Å². The van der Waals surface area contributed by atoms with Gasteiger partial charge in [0.05, 0.1) is 13.2 Å². The van der Waals surface area contributed by atoms with E-state index in [-0.39, 0.29) is 28.7 Å². The summed E-state index contributed by atoms with van der Waals surface area (Å²) < 4.78 is 34.7. The van der Waals surface area contributed by atoms with Crippen molar-refractivity contribution in [3.63, 3.8) is 0 Å². The summed E-state index contributed by atoms with van der Waals surface area (Å²) in [6.07, 6.45) is -2.98. The molecule has 3 aliphatic heterocycles. The molecule has 18 heteroatoms. The van der Waals surface area contributed by atoms with Crippen LogP contribution >= 0.6 is 23.5 Å². The van der Waals surface area contributed by atoms with Crippen molar-refractivity contribution in [3.05, 3.63) is 35.9 Å². The lowest BCUT2D eigenvalue weighted by Crippen LogP contribution is -2.66. The Morgan fingerprint density at radius 3 is 1.75 bits per heavy atom. The molecule has 312 valence electrons. The standard InChI is InChI=1S/C22H31NO7S.C15H27NO7S/c1-14(24)23-18-19(26)20-17(13-28-21(30-20)16-9-5-3-6-10-16)29-22(18)27-11-7-4-8-12-31-15(2)25;1-9(18)16-12-14(21)13(20)11(8-17)23-15(12)22-6-4-3-5-7-24-10(2)19/h3,5-6,9-10,17-22,26H,4,7-8,11-13H2,1-2H3,(H,23,24);11-15,17,20-21H,3-8H2,1-2H3,(H,16,18)/t17?,18-,19?,20-,21?,22-;11?,12-,13-,14?,15-/m00/s1. The first kappa shape index (κ1) is 47.2. The van der Waals surface area contributed by atoms with E-state index in [9.17, 15) is 39.6 Å². The van der Waals surface area contributed by atoms with Gasteiger partial charge in [0.25, 0.3) is 0 Å². The van der Waals surface area contributed by atoms with Gasteiger partial charge in [-0.3, -0.25) is 19.2 Å². The molecule has 1 aromatic carbocycles. The molecule has 2 amide bonds. The van der Waals surface area contributed by atoms with E-state index < -0.39 is 74.2 Å². The molecule has 3 fully saturated rings. The number of thioether (sulfide) groups is 2. The molecule has 16 nitrogen and oxygen atoms in total. The predicted octanol–water partition coefficient (Wildman–Crippen LogP) is 1.55. The molecule has 0 bridgehead atoms. The first-order valence-corrected chi connectivity index (χ1v) is 20.6. The molecule has 0 radical (unpaired) electrons. The number of unbranched alkanes of at least 4 members (excludes halogenated alkanes) is 4. The van der Waals surface area contributed by atoms with Crippen LogP contribution in [-0.2, 0) is 47.6 Å². The minimum atomic E-state index is -1.31. The van der Waals surface area contributed by atoms with Crippen molar-refractivity contribution in [2.24, 2.45) is 0 Å². The highest BCUT2D eigenvalue weighted by molar-refractivity contribution is 8.13. The summed E-state index contributed by atoms with van der Waals surface area (Å²) in [5.41, 5.74) is 0.852. The monoisotopic (exact) mass is 818 g/mol. The minimum absolute atomic E-state index is 0.0996. The average Bonchev–Trinajstić information content (AvgIpc) is 3.15. The average molecular weight is 819 g/mol. The van der Waals surface area contributed by atoms with Crippen LogP contribution in [-0.4, -0.2) is 142 Å². The van der Waals surface area contributed by atoms with E-state index in [1.54, 1.807) is 6.92 Å². The Hall–Kier alpha value is -2.20. The number of fused-ring (bicyclic) bond motifs is 1. The fourth-order valence-electron chi connectivity index (χ4n) is 6.11. The van der Waals surface area contributed by atoms with E-state index in [1.165, 1.54) is 44.3 Å². The zero-order chi connectivity index (χ0) is 40.3. The molecular weight excluding hydrogens is 761 g/mol. The summed E-state index contributed by atoms with van der Waals surface area (Å²) in [6, 6.07) is 7.83. The number of nitrogens with one attached hydrogen (secondary N) is 2. The lowest BCUT2D eigenvalue weighted by molar-refractivity contribution is -0.344. The Morgan fingerprint density at radius 1 is 0.709 bits per heavy atom. The second-order valence-electron chi connectivity index (χ2n) is 13.4. The van der Waals surface area contributed by atoms with Gasteiger partial charge >= 0.3 is 0 Å². The van der Waals surface area contributed by atoms with Gasteiger partial charge in [0, 0.05) is 58.0 Å². The van der Waals surface area contributed by atoms with E-state index in [1.807, 2.05) is 30.3 Å². The molecule has 0 saturated carbocycles. The summed E-state index contributed by atoms with van der Waals surface area (Å²) in [5.74, 6) is 0.893. The van der Waals surface area contributed by atoms with Gasteiger partial charge in [-0.1, -0.05) is 66.7 Å². The number of hydrogen-bond acceptors (Lipinski definition) is 16. The maximum Gasteiger partial charge on any atom is 0.217 e. The van der Waals surface area contributed by atoms with Gasteiger partial charge in [0.1, 0.15) is 48.7 Å². The van der Waals surface area contributed by atoms with E-state index in [4.69, 9.17) is 28.4 Å². The molecule has 11 atom stereocenters. The second kappa shape index (κ2) is 25.2. The molecule has 6 N–H and O–H groups in total. The zero-order valence-electron chi connectivity index (χ0n) is 31.9. The Balaban J connectivity index is 0.000000306. The van der Waals surface area contributed by atoms with Crippen molar-refractivity contribution in [3.8, 4) is 0 Å². The summed E-state index contributed by atoms with van der Waals surface area (Å²) in [7, 11) is 0. The predicted molar refractivity (Wildman–Crippen MR) is 204 cm³/mol. The van der Waals surface area contributed by atoms with Gasteiger partial charge in [-0.05, 0) is 25.7 Å². The van der Waals surface area contributed by atoms with Crippen molar-refractivity contribution in [1.82, 2.24) is 10.6 Å². The molecule has 0 aromatic heterocycles. The first-order valence-electron chi connectivity index (χ1n) is 18.6. The molecular formula is C37H58N2O14S2. The fraction of sp³-hybridized carbons (Fsp3) is 0.730. The number of amides is 2. The number of hydrogen-bond donors (Lipinski definition) is 6. The Kier molecular flexibility index (Phi) is 21.6. The topological polar surface area (TPSA) is 229 Å². The lowest BCUT2D eigenvalue weighted by atomic mass is 9.95. The van der Waals surface area contributed by atoms with Crippen molar-refractivity contribution in [2.45, 2.75) is 134 Å². The number of carbonyl (C=O) groups excluding carboxylic acids is 4. The van der Waals surface area contributed by atoms with Crippen LogP contribution in [0.3, 0.4) is 0 Å². The minimum Gasteiger partial charge on any atom is -0.394 e. The van der Waals surface area contributed by atoms with Crippen molar-refractivity contribution in [1.29, 1.82) is 0 Å². The third-order valence-electron chi connectivity index (χ3n) is 8.81. The van der Waals surface area contributed by atoms with Crippen LogP contribution in [0.5, 0.6) is 0 Å². The quantitative estimate of drug-likeness (QED) is 0.116. The van der Waals surface area contributed by atoms with Crippen LogP contribution < -0.4 is 10.6 Å². The lowest BCUT2D eigenvalue weighted by Gasteiger charge is -2.47. The molecule has 3 aliphatic rings. The van der Waals surface area contributed by atoms with E-state index in [2.05, 4.69) is 10.6 Å². The fourth-order valence-corrected chi connectivity index (χ4v) is 7.38. The summed E-state index contributed by atoms with van der Waals surface area (Å²) in [6.45, 7) is 6.32. The number of carbonyl (C=O) groups is 4. The number of aliphatic hydroxyl groups is 4. The summed E-state index contributed by atoms with van der Waals surface area (Å²) >= 11 is 2.61. The Bertz CT molecular complexity index is 1320. The van der Waals surface area contributed by atoms with Gasteiger partial charge in [0.2, 0.25) is 11.8 Å². The van der Waals surface area contributed by atoms with Crippen LogP contribution in [0.15, 0.2) is 30.3 Å². The highest BCUT2D eigenvalue weighted by Gasteiger charge is 2.50. The first-order chi connectivity index (χ1) is 26.3. The molecule has 3 saturated heterocycles. The molecule has 3 heterocycles. The van der Waals surface area contributed by atoms with Crippen molar-refractivity contribution >= 4 is 45.6 Å². The van der Waals surface area contributed by atoms with E-state index in [0.29, 0.717) is 13.2 Å². The summed E-state index contributed by atoms with van der Waals surface area (Å²) in [5, 5.41) is 45.7. The SMILES string of the molecule is CC(=O)N[C@H]1C(O)[C@@H](O)C(CO)O[C@@H]1OCCCCCSC(C)=O.CC(=O)N[C@H]1C(O)[C@H]2OC(c3ccccc3)OCC2O[C@@H]1OCCCCCSC(C)=O. The van der Waals surface area contributed by atoms with Crippen molar-refractivity contribution in [2.75, 3.05) is 37.9 Å². The van der Waals surface area contributed by atoms with Gasteiger partial charge in [-0.25, -0.2) is 0 Å². The van der Waals surface area contributed by atoms with Crippen LogP contribution in [0.25, 0.3) is 0 Å². The number of rotatable bonds is 18. The highest BCUT2D eigenvalue weighted by Crippen LogP contribution is 2.34. The highest BCUT2D eigenvalue weighted by atomic mass is 32.2. The van der Waals surface area contributed by atoms with Gasteiger partial charge < -0.3 is 59.5 Å². The molecule has 1 aromatic rings. The van der Waals surface area contributed by atoms with Crippen molar-refractivity contribution < 1.29 is 68.0 Å². The van der Waals surface area contributed by atoms with Gasteiger partial charge in [0.15, 0.2) is 29.1 Å². The maximum absolute atomic E-state index is 11.7. The molecule has 55 heavy (non-hydrogen) atoms. The normalized spacial score (nSPS) is 30.3. The number of aliphatic hydroxyl groups excluding tert-OH is 4. The van der Waals surface area contributed by atoms with Gasteiger partial charge in [-0.2, -0.15) is 0 Å². The Morgan fingerprint density at radius 2 is 1.24 bits per heavy atom. The maximum atomic E-state index is 11.7. The van der Waals surface area contributed by atoms with Crippen LogP contribution in [0, 0.1) is 0 Å². The summed E-state index contributed by atoms with van der Waals surface area (Å²) in [4.78, 5) is 44.7. The molecule has 0 spiro atoms. The largest absolute Gasteiger partial charge is 0.394 e. The van der Waals surface area contributed by atoms with Crippen LogP contribution in [0.1, 0.15) is 78.1 Å². The molecule has 4 rings (SSSR count). The second-order valence-corrected chi connectivity index (χ2v) is 16.0. The number of ether oxygens (including phenoxy) is 6. The zero-order valence-corrected chi connectivity index (χ0v) is 33.5. The smallest absolute Gasteiger partial charge is 0.217 e. The number of benzene rings is 1. The van der Waals surface area contributed by atoms with Crippen LogP contribution in [0.2, 0.25) is 0 Å². The van der Waals surface area contributed by atoms with E-state index >= 15 is 0 Å². The van der Waals surface area contributed by atoms with Crippen LogP contribution in [0.4, 0.5) is 0 Å². The third-order valence-corrected chi connectivity index (χ3v) is 10.6.